The first-order valence-electron chi connectivity index (χ1n) is 11.5. The number of aliphatic carboxylic acids is 1. The van der Waals surface area contributed by atoms with Gasteiger partial charge in [0, 0.05) is 36.5 Å². The number of rotatable bonds is 6. The number of nitrogens with one attached hydrogen (secondary N) is 2. The second-order valence-corrected chi connectivity index (χ2v) is 9.36. The first-order valence-corrected chi connectivity index (χ1v) is 11.5. The van der Waals surface area contributed by atoms with Gasteiger partial charge in [-0.25, -0.2) is 18.9 Å². The molecule has 4 heterocycles. The van der Waals surface area contributed by atoms with Crippen LogP contribution in [0.3, 0.4) is 0 Å². The summed E-state index contributed by atoms with van der Waals surface area (Å²) in [6.07, 6.45) is 8.69. The van der Waals surface area contributed by atoms with Gasteiger partial charge >= 0.3 is 5.97 Å². The standard InChI is InChI=1S/C24H25FN6O3/c1-34-11-12-6-18-23(28-20-14-4-2-13(3-5-14)19(20)24(32)33)29-22(30-31(18)10-12)17-9-27-21-16(17)7-15(25)8-26-21/h6-10,13-14,19-20H,2-5,11H2,1H3,(H,26,27)(H,32,33)(H,28,29,30)/t13?,14?,19-,20-/m1/s1. The number of carboxylic acid groups (broad SMARTS) is 1. The minimum absolute atomic E-state index is 0.177. The molecule has 3 aliphatic carbocycles. The number of methoxy groups -OCH3 is 1. The minimum atomic E-state index is -0.758. The van der Waals surface area contributed by atoms with Crippen molar-refractivity contribution in [3.8, 4) is 11.4 Å². The number of carboxylic acids is 1. The Balaban J connectivity index is 1.48. The highest BCUT2D eigenvalue weighted by molar-refractivity contribution is 5.92. The number of nitrogens with zero attached hydrogens (tertiary/aromatic N) is 4. The van der Waals surface area contributed by atoms with E-state index in [9.17, 15) is 14.3 Å². The third-order valence-corrected chi connectivity index (χ3v) is 7.38. The fourth-order valence-electron chi connectivity index (χ4n) is 5.85. The van der Waals surface area contributed by atoms with E-state index in [-0.39, 0.29) is 17.9 Å². The van der Waals surface area contributed by atoms with E-state index >= 15 is 0 Å². The molecule has 0 aromatic carbocycles. The predicted molar refractivity (Wildman–Crippen MR) is 123 cm³/mol. The van der Waals surface area contributed by atoms with Gasteiger partial charge in [-0.05, 0) is 55.2 Å². The van der Waals surface area contributed by atoms with Gasteiger partial charge in [-0.2, -0.15) is 0 Å². The Morgan fingerprint density at radius 1 is 1.29 bits per heavy atom. The quantitative estimate of drug-likeness (QED) is 0.397. The van der Waals surface area contributed by atoms with Crippen LogP contribution in [-0.2, 0) is 16.1 Å². The molecule has 2 atom stereocenters. The Kier molecular flexibility index (Phi) is 4.98. The van der Waals surface area contributed by atoms with Crippen LogP contribution in [0.5, 0.6) is 0 Å². The maximum atomic E-state index is 13.9. The summed E-state index contributed by atoms with van der Waals surface area (Å²) >= 11 is 0. The molecule has 0 spiro atoms. The van der Waals surface area contributed by atoms with Crippen molar-refractivity contribution in [3.05, 3.63) is 42.1 Å². The van der Waals surface area contributed by atoms with E-state index in [2.05, 4.69) is 20.4 Å². The van der Waals surface area contributed by atoms with Crippen LogP contribution in [0, 0.1) is 23.6 Å². The van der Waals surface area contributed by atoms with Crippen LogP contribution < -0.4 is 5.32 Å². The van der Waals surface area contributed by atoms with Crippen LogP contribution in [0.1, 0.15) is 31.2 Å². The lowest BCUT2D eigenvalue weighted by Gasteiger charge is -2.47. The lowest BCUT2D eigenvalue weighted by atomic mass is 9.61. The average molecular weight is 465 g/mol. The normalized spacial score (nSPS) is 24.2. The molecule has 10 heteroatoms. The summed E-state index contributed by atoms with van der Waals surface area (Å²) in [6, 6.07) is 3.14. The molecule has 176 valence electrons. The number of hydrogen-bond acceptors (Lipinski definition) is 6. The lowest BCUT2D eigenvalue weighted by Crippen LogP contribution is -2.51. The first-order chi connectivity index (χ1) is 16.5. The van der Waals surface area contributed by atoms with Crippen LogP contribution in [0.15, 0.2) is 30.7 Å². The van der Waals surface area contributed by atoms with Gasteiger partial charge in [0.2, 0.25) is 0 Å². The Labute approximate surface area is 194 Å². The summed E-state index contributed by atoms with van der Waals surface area (Å²) in [5, 5.41) is 18.8. The fourth-order valence-corrected chi connectivity index (χ4v) is 5.85. The average Bonchev–Trinajstić information content (AvgIpc) is 3.43. The number of aromatic amines is 1. The number of pyridine rings is 1. The maximum Gasteiger partial charge on any atom is 0.308 e. The largest absolute Gasteiger partial charge is 0.481 e. The number of fused-ring (bicyclic) bond motifs is 5. The van der Waals surface area contributed by atoms with E-state index in [1.807, 2.05) is 12.3 Å². The molecule has 34 heavy (non-hydrogen) atoms. The number of ether oxygens (including phenoxy) is 1. The highest BCUT2D eigenvalue weighted by Gasteiger charge is 2.47. The van der Waals surface area contributed by atoms with Crippen LogP contribution >= 0.6 is 0 Å². The molecule has 0 radical (unpaired) electrons. The number of halogens is 1. The number of aromatic nitrogens is 5. The van der Waals surface area contributed by atoms with Crippen molar-refractivity contribution in [2.24, 2.45) is 17.8 Å². The van der Waals surface area contributed by atoms with Gasteiger partial charge in [0.05, 0.1) is 18.7 Å². The molecule has 0 saturated heterocycles. The van der Waals surface area contributed by atoms with Crippen molar-refractivity contribution in [2.45, 2.75) is 38.3 Å². The van der Waals surface area contributed by atoms with Crippen LogP contribution in [-0.4, -0.2) is 48.8 Å². The van der Waals surface area contributed by atoms with Gasteiger partial charge in [0.1, 0.15) is 17.0 Å². The van der Waals surface area contributed by atoms with Gasteiger partial charge < -0.3 is 20.1 Å². The molecular formula is C24H25FN6O3. The molecule has 3 N–H and O–H groups in total. The van der Waals surface area contributed by atoms with Crippen molar-refractivity contribution in [3.63, 3.8) is 0 Å². The topological polar surface area (TPSA) is 117 Å². The molecule has 3 saturated carbocycles. The van der Waals surface area contributed by atoms with E-state index < -0.39 is 17.7 Å². The molecule has 0 aliphatic heterocycles. The second kappa shape index (κ2) is 8.05. The lowest BCUT2D eigenvalue weighted by molar-refractivity contribution is -0.148. The highest BCUT2D eigenvalue weighted by atomic mass is 19.1. The first kappa shape index (κ1) is 21.0. The van der Waals surface area contributed by atoms with E-state index in [0.717, 1.165) is 43.0 Å². The van der Waals surface area contributed by atoms with Crippen molar-refractivity contribution < 1.29 is 19.0 Å². The second-order valence-electron chi connectivity index (χ2n) is 9.36. The summed E-state index contributed by atoms with van der Waals surface area (Å²) in [5.74, 6) is -0.244. The van der Waals surface area contributed by atoms with Crippen LogP contribution in [0.25, 0.3) is 27.9 Å². The Hall–Kier alpha value is -3.53. The summed E-state index contributed by atoms with van der Waals surface area (Å²) in [7, 11) is 1.63. The Morgan fingerprint density at radius 3 is 2.85 bits per heavy atom. The molecule has 2 bridgehead atoms. The van der Waals surface area contributed by atoms with E-state index in [1.165, 1.54) is 6.07 Å². The summed E-state index contributed by atoms with van der Waals surface area (Å²) in [4.78, 5) is 24.2. The van der Waals surface area contributed by atoms with Gasteiger partial charge in [0.25, 0.3) is 0 Å². The third-order valence-electron chi connectivity index (χ3n) is 7.38. The molecule has 9 nitrogen and oxygen atoms in total. The molecule has 3 aliphatic rings. The zero-order chi connectivity index (χ0) is 23.4. The SMILES string of the molecule is COCc1cc2c(N[C@@H]3C4CCC(CC4)[C@H]3C(=O)O)nc(-c3c[nH]c4ncc(F)cc34)nn2c1. The third kappa shape index (κ3) is 3.40. The molecule has 4 aromatic heterocycles. The summed E-state index contributed by atoms with van der Waals surface area (Å²) < 4.78 is 21.0. The number of anilines is 1. The van der Waals surface area contributed by atoms with Gasteiger partial charge in [-0.3, -0.25) is 4.79 Å². The highest BCUT2D eigenvalue weighted by Crippen LogP contribution is 2.46. The van der Waals surface area contributed by atoms with Crippen LogP contribution in [0.4, 0.5) is 10.2 Å². The predicted octanol–water partition coefficient (Wildman–Crippen LogP) is 3.86. The number of carbonyl (C=O) groups is 1. The zero-order valence-electron chi connectivity index (χ0n) is 18.7. The molecule has 0 amide bonds. The van der Waals surface area contributed by atoms with Crippen molar-refractivity contribution in [1.29, 1.82) is 0 Å². The molecule has 0 unspecified atom stereocenters. The molecule has 4 aromatic rings. The number of H-pyrrole nitrogens is 1. The minimum Gasteiger partial charge on any atom is -0.481 e. The van der Waals surface area contributed by atoms with Gasteiger partial charge in [0.15, 0.2) is 11.6 Å². The Morgan fingerprint density at radius 2 is 2.09 bits per heavy atom. The van der Waals surface area contributed by atoms with Gasteiger partial charge in [-0.1, -0.05) is 0 Å². The summed E-state index contributed by atoms with van der Waals surface area (Å²) in [5.41, 5.74) is 2.82. The Bertz CT molecular complexity index is 1390. The fraction of sp³-hybridized carbons (Fsp3) is 0.417. The van der Waals surface area contributed by atoms with Crippen LogP contribution in [0.2, 0.25) is 0 Å². The molecule has 7 rings (SSSR count). The van der Waals surface area contributed by atoms with Crippen molar-refractivity contribution in [1.82, 2.24) is 24.6 Å². The maximum absolute atomic E-state index is 13.9. The van der Waals surface area contributed by atoms with E-state index in [4.69, 9.17) is 9.72 Å². The van der Waals surface area contributed by atoms with E-state index in [0.29, 0.717) is 34.8 Å². The monoisotopic (exact) mass is 464 g/mol. The molecule has 3 fully saturated rings. The zero-order valence-corrected chi connectivity index (χ0v) is 18.7. The number of hydrogen-bond donors (Lipinski definition) is 3. The van der Waals surface area contributed by atoms with E-state index in [1.54, 1.807) is 17.8 Å². The van der Waals surface area contributed by atoms with Gasteiger partial charge in [-0.15, -0.1) is 5.10 Å². The molecular weight excluding hydrogens is 439 g/mol. The van der Waals surface area contributed by atoms with Crippen molar-refractivity contribution in [2.75, 3.05) is 12.4 Å². The summed E-state index contributed by atoms with van der Waals surface area (Å²) in [6.45, 7) is 0.409. The smallest absolute Gasteiger partial charge is 0.308 e. The van der Waals surface area contributed by atoms with Crippen molar-refractivity contribution >= 4 is 28.3 Å².